The van der Waals surface area contributed by atoms with Gasteiger partial charge in [-0.3, -0.25) is 9.59 Å². The molecular formula is C11H20O5. The standard InChI is InChI=1S/C11H20O5/c1-4-16-10(15)11(5-6-12,9(13)14)7-8(2)3/h8,12H,4-7H2,1-3H3,(H,13,14). The van der Waals surface area contributed by atoms with E-state index >= 15 is 0 Å². The predicted molar refractivity (Wildman–Crippen MR) is 57.9 cm³/mol. The number of carboxylic acid groups (broad SMARTS) is 1. The highest BCUT2D eigenvalue weighted by molar-refractivity contribution is 5.99. The maximum Gasteiger partial charge on any atom is 0.323 e. The number of rotatable bonds is 7. The smallest absolute Gasteiger partial charge is 0.323 e. The summed E-state index contributed by atoms with van der Waals surface area (Å²) in [5.41, 5.74) is -1.61. The molecule has 0 heterocycles. The number of aliphatic carboxylic acids is 1. The van der Waals surface area contributed by atoms with Gasteiger partial charge in [-0.2, -0.15) is 0 Å². The van der Waals surface area contributed by atoms with E-state index in [1.54, 1.807) is 6.92 Å². The lowest BCUT2D eigenvalue weighted by molar-refractivity contribution is -0.171. The van der Waals surface area contributed by atoms with E-state index in [-0.39, 0.29) is 32.0 Å². The van der Waals surface area contributed by atoms with Crippen LogP contribution in [0.1, 0.15) is 33.6 Å². The van der Waals surface area contributed by atoms with E-state index < -0.39 is 17.4 Å². The topological polar surface area (TPSA) is 83.8 Å². The zero-order valence-electron chi connectivity index (χ0n) is 10.0. The fourth-order valence-electron chi connectivity index (χ4n) is 1.73. The first-order valence-corrected chi connectivity index (χ1v) is 5.42. The van der Waals surface area contributed by atoms with Gasteiger partial charge in [0.15, 0.2) is 5.41 Å². The molecule has 1 unspecified atom stereocenters. The van der Waals surface area contributed by atoms with Crippen LogP contribution in [-0.2, 0) is 14.3 Å². The van der Waals surface area contributed by atoms with E-state index in [2.05, 4.69) is 0 Å². The molecule has 16 heavy (non-hydrogen) atoms. The first-order chi connectivity index (χ1) is 7.40. The highest BCUT2D eigenvalue weighted by Gasteiger charge is 2.47. The molecule has 0 spiro atoms. The van der Waals surface area contributed by atoms with Crippen LogP contribution >= 0.6 is 0 Å². The van der Waals surface area contributed by atoms with Crippen LogP contribution in [-0.4, -0.2) is 35.4 Å². The Morgan fingerprint density at radius 2 is 1.94 bits per heavy atom. The maximum absolute atomic E-state index is 11.7. The summed E-state index contributed by atoms with van der Waals surface area (Å²) in [7, 11) is 0. The lowest BCUT2D eigenvalue weighted by Gasteiger charge is -2.27. The van der Waals surface area contributed by atoms with Crippen molar-refractivity contribution in [2.45, 2.75) is 33.6 Å². The van der Waals surface area contributed by atoms with Crippen molar-refractivity contribution in [1.82, 2.24) is 0 Å². The molecule has 2 N–H and O–H groups in total. The number of esters is 1. The SMILES string of the molecule is CCOC(=O)C(CCO)(CC(C)C)C(=O)O. The molecule has 0 bridgehead atoms. The van der Waals surface area contributed by atoms with E-state index in [4.69, 9.17) is 9.84 Å². The molecule has 0 aromatic rings. The van der Waals surface area contributed by atoms with E-state index in [1.807, 2.05) is 13.8 Å². The average molecular weight is 232 g/mol. The summed E-state index contributed by atoms with van der Waals surface area (Å²) >= 11 is 0. The molecule has 0 amide bonds. The van der Waals surface area contributed by atoms with Crippen LogP contribution in [0, 0.1) is 11.3 Å². The second-order valence-electron chi connectivity index (χ2n) is 4.18. The normalized spacial score (nSPS) is 14.6. The minimum Gasteiger partial charge on any atom is -0.480 e. The van der Waals surface area contributed by atoms with Crippen LogP contribution in [0.3, 0.4) is 0 Å². The minimum absolute atomic E-state index is 0.0343. The van der Waals surface area contributed by atoms with Gasteiger partial charge in [0.1, 0.15) is 0 Å². The Balaban J connectivity index is 5.07. The first-order valence-electron chi connectivity index (χ1n) is 5.42. The van der Waals surface area contributed by atoms with E-state index in [0.717, 1.165) is 0 Å². The van der Waals surface area contributed by atoms with Crippen molar-refractivity contribution in [1.29, 1.82) is 0 Å². The quantitative estimate of drug-likeness (QED) is 0.506. The minimum atomic E-state index is -1.61. The molecular weight excluding hydrogens is 212 g/mol. The summed E-state index contributed by atoms with van der Waals surface area (Å²) in [5.74, 6) is -1.95. The lowest BCUT2D eigenvalue weighted by atomic mass is 9.77. The maximum atomic E-state index is 11.7. The molecule has 0 aromatic heterocycles. The van der Waals surface area contributed by atoms with Gasteiger partial charge >= 0.3 is 11.9 Å². The zero-order valence-corrected chi connectivity index (χ0v) is 10.0. The van der Waals surface area contributed by atoms with Gasteiger partial charge in [0.25, 0.3) is 0 Å². The molecule has 0 aliphatic rings. The predicted octanol–water partition coefficient (Wildman–Crippen LogP) is 1.05. The summed E-state index contributed by atoms with van der Waals surface area (Å²) in [4.78, 5) is 23.0. The fourth-order valence-corrected chi connectivity index (χ4v) is 1.73. The van der Waals surface area contributed by atoms with Gasteiger partial charge in [0, 0.05) is 6.61 Å². The van der Waals surface area contributed by atoms with Gasteiger partial charge in [-0.1, -0.05) is 13.8 Å². The third-order valence-electron chi connectivity index (χ3n) is 2.37. The highest BCUT2D eigenvalue weighted by Crippen LogP contribution is 2.32. The van der Waals surface area contributed by atoms with Crippen molar-refractivity contribution in [3.05, 3.63) is 0 Å². The molecule has 5 nitrogen and oxygen atoms in total. The largest absolute Gasteiger partial charge is 0.480 e. The number of aliphatic hydroxyl groups excluding tert-OH is 1. The molecule has 0 saturated heterocycles. The molecule has 0 aromatic carbocycles. The van der Waals surface area contributed by atoms with Gasteiger partial charge in [0.05, 0.1) is 6.61 Å². The number of carbonyl (C=O) groups excluding carboxylic acids is 1. The Morgan fingerprint density at radius 3 is 2.25 bits per heavy atom. The van der Waals surface area contributed by atoms with Gasteiger partial charge in [-0.25, -0.2) is 0 Å². The number of hydrogen-bond acceptors (Lipinski definition) is 4. The van der Waals surface area contributed by atoms with Crippen molar-refractivity contribution < 1.29 is 24.5 Å². The fraction of sp³-hybridized carbons (Fsp3) is 0.818. The van der Waals surface area contributed by atoms with Crippen molar-refractivity contribution in [2.75, 3.05) is 13.2 Å². The summed E-state index contributed by atoms with van der Waals surface area (Å²) in [6, 6.07) is 0. The lowest BCUT2D eigenvalue weighted by Crippen LogP contribution is -2.42. The molecule has 0 radical (unpaired) electrons. The molecule has 0 aliphatic carbocycles. The van der Waals surface area contributed by atoms with Crippen molar-refractivity contribution in [2.24, 2.45) is 11.3 Å². The Hall–Kier alpha value is -1.10. The molecule has 1 atom stereocenters. The number of carbonyl (C=O) groups is 2. The Morgan fingerprint density at radius 1 is 1.38 bits per heavy atom. The van der Waals surface area contributed by atoms with Crippen LogP contribution in [0.4, 0.5) is 0 Å². The Bertz CT molecular complexity index is 249. The van der Waals surface area contributed by atoms with Crippen LogP contribution in [0.25, 0.3) is 0 Å². The summed E-state index contributed by atoms with van der Waals surface area (Å²) in [5, 5.41) is 18.1. The monoisotopic (exact) mass is 232 g/mol. The number of carboxylic acids is 1. The average Bonchev–Trinajstić information content (AvgIpc) is 2.16. The highest BCUT2D eigenvalue weighted by atomic mass is 16.5. The third-order valence-corrected chi connectivity index (χ3v) is 2.37. The molecule has 0 saturated carbocycles. The number of aliphatic hydroxyl groups is 1. The van der Waals surface area contributed by atoms with Gasteiger partial charge < -0.3 is 14.9 Å². The van der Waals surface area contributed by atoms with Gasteiger partial charge in [-0.05, 0) is 25.7 Å². The Kier molecular flexibility index (Phi) is 6.03. The summed E-state index contributed by atoms with van der Waals surface area (Å²) in [6.07, 6.45) is 0.0566. The number of ether oxygens (including phenoxy) is 1. The molecule has 0 fully saturated rings. The molecule has 0 rings (SSSR count). The summed E-state index contributed by atoms with van der Waals surface area (Å²) in [6.45, 7) is 5.07. The molecule has 0 aliphatic heterocycles. The van der Waals surface area contributed by atoms with Gasteiger partial charge in [-0.15, -0.1) is 0 Å². The summed E-state index contributed by atoms with van der Waals surface area (Å²) < 4.78 is 4.79. The van der Waals surface area contributed by atoms with E-state index in [1.165, 1.54) is 0 Å². The number of hydrogen-bond donors (Lipinski definition) is 2. The second kappa shape index (κ2) is 6.48. The van der Waals surface area contributed by atoms with Gasteiger partial charge in [0.2, 0.25) is 0 Å². The third kappa shape index (κ3) is 3.48. The van der Waals surface area contributed by atoms with Crippen LogP contribution in [0.2, 0.25) is 0 Å². The van der Waals surface area contributed by atoms with Crippen molar-refractivity contribution in [3.63, 3.8) is 0 Å². The van der Waals surface area contributed by atoms with Crippen LogP contribution < -0.4 is 0 Å². The Labute approximate surface area is 95.4 Å². The second-order valence-corrected chi connectivity index (χ2v) is 4.18. The van der Waals surface area contributed by atoms with E-state index in [9.17, 15) is 14.7 Å². The van der Waals surface area contributed by atoms with Crippen LogP contribution in [0.5, 0.6) is 0 Å². The van der Waals surface area contributed by atoms with Crippen molar-refractivity contribution >= 4 is 11.9 Å². The molecule has 5 heteroatoms. The zero-order chi connectivity index (χ0) is 12.8. The molecule has 94 valence electrons. The van der Waals surface area contributed by atoms with E-state index in [0.29, 0.717) is 0 Å². The van der Waals surface area contributed by atoms with Crippen molar-refractivity contribution in [3.8, 4) is 0 Å². The van der Waals surface area contributed by atoms with Crippen LogP contribution in [0.15, 0.2) is 0 Å². The first kappa shape index (κ1) is 14.9.